The number of carbonyl (C=O) groups excluding carboxylic acids is 1. The number of benzene rings is 2. The number of hydrogen-bond acceptors (Lipinski definition) is 5. The van der Waals surface area contributed by atoms with E-state index in [1.807, 2.05) is 0 Å². The normalized spacial score (nSPS) is 14.7. The summed E-state index contributed by atoms with van der Waals surface area (Å²) in [6, 6.07) is 13.1. The molecular formula is C22H28N2O5S. The monoisotopic (exact) mass is 432 g/mol. The first-order valence-corrected chi connectivity index (χ1v) is 11.5. The molecule has 162 valence electrons. The summed E-state index contributed by atoms with van der Waals surface area (Å²) in [6.45, 7) is -0.294. The largest absolute Gasteiger partial charge is 0.493 e. The van der Waals surface area contributed by atoms with E-state index in [4.69, 9.17) is 9.47 Å². The van der Waals surface area contributed by atoms with Gasteiger partial charge in [0.15, 0.2) is 11.5 Å². The van der Waals surface area contributed by atoms with Crippen LogP contribution in [0.15, 0.2) is 53.4 Å². The molecular weight excluding hydrogens is 404 g/mol. The number of anilines is 1. The molecule has 2 aromatic carbocycles. The van der Waals surface area contributed by atoms with Crippen molar-refractivity contribution >= 4 is 21.6 Å². The van der Waals surface area contributed by atoms with Crippen molar-refractivity contribution in [3.63, 3.8) is 0 Å². The number of para-hydroxylation sites is 1. The zero-order valence-corrected chi connectivity index (χ0v) is 18.2. The van der Waals surface area contributed by atoms with Gasteiger partial charge in [-0.3, -0.25) is 9.10 Å². The number of nitrogens with one attached hydrogen (secondary N) is 1. The lowest BCUT2D eigenvalue weighted by Gasteiger charge is -2.27. The van der Waals surface area contributed by atoms with E-state index in [1.165, 1.54) is 38.8 Å². The van der Waals surface area contributed by atoms with Gasteiger partial charge in [-0.05, 0) is 37.1 Å². The van der Waals surface area contributed by atoms with Crippen LogP contribution in [0.3, 0.4) is 0 Å². The molecule has 0 saturated heterocycles. The van der Waals surface area contributed by atoms with Crippen LogP contribution in [-0.2, 0) is 14.8 Å². The molecule has 0 heterocycles. The van der Waals surface area contributed by atoms with Gasteiger partial charge in [-0.15, -0.1) is 0 Å². The predicted octanol–water partition coefficient (Wildman–Crippen LogP) is 3.35. The minimum absolute atomic E-state index is 0.0227. The van der Waals surface area contributed by atoms with Gasteiger partial charge in [-0.25, -0.2) is 8.42 Å². The molecule has 2 aromatic rings. The van der Waals surface area contributed by atoms with Gasteiger partial charge in [0.1, 0.15) is 6.54 Å². The lowest BCUT2D eigenvalue weighted by atomic mass is 9.95. The number of hydrogen-bond donors (Lipinski definition) is 1. The van der Waals surface area contributed by atoms with Crippen molar-refractivity contribution in [3.05, 3.63) is 48.5 Å². The van der Waals surface area contributed by atoms with Crippen molar-refractivity contribution in [1.29, 1.82) is 0 Å². The van der Waals surface area contributed by atoms with Gasteiger partial charge in [0.2, 0.25) is 5.91 Å². The minimum Gasteiger partial charge on any atom is -0.493 e. The van der Waals surface area contributed by atoms with Gasteiger partial charge in [0, 0.05) is 12.1 Å². The molecule has 3 rings (SSSR count). The first kappa shape index (κ1) is 22.0. The highest BCUT2D eigenvalue weighted by Crippen LogP contribution is 2.32. The molecule has 0 radical (unpaired) electrons. The van der Waals surface area contributed by atoms with Crippen molar-refractivity contribution in [3.8, 4) is 11.5 Å². The highest BCUT2D eigenvalue weighted by atomic mass is 32.2. The second kappa shape index (κ2) is 9.84. The molecule has 1 N–H and O–H groups in total. The Bertz CT molecular complexity index is 957. The SMILES string of the molecule is COc1ccc(S(=O)(=O)N(CC(=O)NC2CCCCC2)c2ccccc2)cc1OC. The summed E-state index contributed by atoms with van der Waals surface area (Å²) in [6.07, 6.45) is 5.20. The Balaban J connectivity index is 1.90. The maximum Gasteiger partial charge on any atom is 0.264 e. The molecule has 1 saturated carbocycles. The van der Waals surface area contributed by atoms with E-state index in [0.717, 1.165) is 30.0 Å². The highest BCUT2D eigenvalue weighted by Gasteiger charge is 2.29. The smallest absolute Gasteiger partial charge is 0.264 e. The zero-order valence-electron chi connectivity index (χ0n) is 17.3. The Labute approximate surface area is 178 Å². The Kier molecular flexibility index (Phi) is 7.20. The molecule has 0 aliphatic heterocycles. The number of methoxy groups -OCH3 is 2. The summed E-state index contributed by atoms with van der Waals surface area (Å²) >= 11 is 0. The van der Waals surface area contributed by atoms with E-state index < -0.39 is 10.0 Å². The van der Waals surface area contributed by atoms with Crippen LogP contribution >= 0.6 is 0 Å². The molecule has 0 bridgehead atoms. The average Bonchev–Trinajstić information content (AvgIpc) is 2.78. The minimum atomic E-state index is -4.01. The topological polar surface area (TPSA) is 84.9 Å². The summed E-state index contributed by atoms with van der Waals surface area (Å²) < 4.78 is 38.5. The molecule has 30 heavy (non-hydrogen) atoms. The summed E-state index contributed by atoms with van der Waals surface area (Å²) in [4.78, 5) is 12.8. The molecule has 8 heteroatoms. The van der Waals surface area contributed by atoms with Crippen LogP contribution in [0.2, 0.25) is 0 Å². The van der Waals surface area contributed by atoms with Gasteiger partial charge < -0.3 is 14.8 Å². The lowest BCUT2D eigenvalue weighted by Crippen LogP contribution is -2.44. The van der Waals surface area contributed by atoms with E-state index in [-0.39, 0.29) is 23.4 Å². The second-order valence-corrected chi connectivity index (χ2v) is 9.13. The fourth-order valence-corrected chi connectivity index (χ4v) is 5.10. The molecule has 0 spiro atoms. The Hall–Kier alpha value is -2.74. The molecule has 1 aliphatic rings. The van der Waals surface area contributed by atoms with Crippen LogP contribution in [0, 0.1) is 0 Å². The fraction of sp³-hybridized carbons (Fsp3) is 0.409. The maximum atomic E-state index is 13.5. The van der Waals surface area contributed by atoms with Crippen LogP contribution in [0.5, 0.6) is 11.5 Å². The van der Waals surface area contributed by atoms with E-state index >= 15 is 0 Å². The van der Waals surface area contributed by atoms with Crippen molar-refractivity contribution in [1.82, 2.24) is 5.32 Å². The summed E-state index contributed by atoms with van der Waals surface area (Å²) in [5.41, 5.74) is 0.422. The van der Waals surface area contributed by atoms with Gasteiger partial charge in [-0.2, -0.15) is 0 Å². The van der Waals surface area contributed by atoms with Crippen LogP contribution < -0.4 is 19.1 Å². The van der Waals surface area contributed by atoms with Crippen molar-refractivity contribution in [2.24, 2.45) is 0 Å². The third-order valence-electron chi connectivity index (χ3n) is 5.24. The molecule has 7 nitrogen and oxygen atoms in total. The van der Waals surface area contributed by atoms with Gasteiger partial charge in [0.05, 0.1) is 24.8 Å². The number of amides is 1. The third kappa shape index (κ3) is 5.05. The molecule has 1 amide bonds. The van der Waals surface area contributed by atoms with Crippen molar-refractivity contribution in [2.45, 2.75) is 43.0 Å². The summed E-state index contributed by atoms with van der Waals surface area (Å²) in [5.74, 6) is 0.422. The molecule has 1 aliphatic carbocycles. The number of carbonyl (C=O) groups is 1. The number of sulfonamides is 1. The molecule has 0 atom stereocenters. The molecule has 0 aromatic heterocycles. The van der Waals surface area contributed by atoms with E-state index in [2.05, 4.69) is 5.32 Å². The van der Waals surface area contributed by atoms with E-state index in [0.29, 0.717) is 17.2 Å². The quantitative estimate of drug-likeness (QED) is 0.692. The van der Waals surface area contributed by atoms with E-state index in [9.17, 15) is 13.2 Å². The lowest BCUT2D eigenvalue weighted by molar-refractivity contribution is -0.120. The fourth-order valence-electron chi connectivity index (χ4n) is 3.66. The highest BCUT2D eigenvalue weighted by molar-refractivity contribution is 7.92. The van der Waals surface area contributed by atoms with Gasteiger partial charge in [-0.1, -0.05) is 37.5 Å². The number of nitrogens with zero attached hydrogens (tertiary/aromatic N) is 1. The second-order valence-electron chi connectivity index (χ2n) is 7.27. The van der Waals surface area contributed by atoms with E-state index in [1.54, 1.807) is 30.3 Å². The first-order chi connectivity index (χ1) is 14.5. The van der Waals surface area contributed by atoms with Gasteiger partial charge >= 0.3 is 0 Å². The van der Waals surface area contributed by atoms with Crippen LogP contribution in [0.1, 0.15) is 32.1 Å². The van der Waals surface area contributed by atoms with Crippen LogP contribution in [-0.4, -0.2) is 41.1 Å². The summed E-state index contributed by atoms with van der Waals surface area (Å²) in [5, 5.41) is 2.99. The zero-order chi connectivity index (χ0) is 21.6. The van der Waals surface area contributed by atoms with Crippen molar-refractivity contribution in [2.75, 3.05) is 25.1 Å². The Morgan fingerprint density at radius 3 is 2.30 bits per heavy atom. The van der Waals surface area contributed by atoms with Crippen LogP contribution in [0.4, 0.5) is 5.69 Å². The standard InChI is InChI=1S/C22H28N2O5S/c1-28-20-14-13-19(15-21(20)29-2)30(26,27)24(18-11-7-4-8-12-18)16-22(25)23-17-9-5-3-6-10-17/h4,7-8,11-15,17H,3,5-6,9-10,16H2,1-2H3,(H,23,25). The van der Waals surface area contributed by atoms with Gasteiger partial charge in [0.25, 0.3) is 10.0 Å². The average molecular weight is 433 g/mol. The molecule has 0 unspecified atom stereocenters. The Morgan fingerprint density at radius 2 is 1.67 bits per heavy atom. The maximum absolute atomic E-state index is 13.5. The predicted molar refractivity (Wildman–Crippen MR) is 116 cm³/mol. The first-order valence-electron chi connectivity index (χ1n) is 10.0. The van der Waals surface area contributed by atoms with Crippen molar-refractivity contribution < 1.29 is 22.7 Å². The molecule has 1 fully saturated rings. The number of rotatable bonds is 8. The third-order valence-corrected chi connectivity index (χ3v) is 7.01. The summed E-state index contributed by atoms with van der Waals surface area (Å²) in [7, 11) is -1.08. The number of ether oxygens (including phenoxy) is 2. The van der Waals surface area contributed by atoms with Crippen LogP contribution in [0.25, 0.3) is 0 Å². The Morgan fingerprint density at radius 1 is 1.00 bits per heavy atom.